The van der Waals surface area contributed by atoms with Gasteiger partial charge in [-0.15, -0.1) is 5.10 Å². The van der Waals surface area contributed by atoms with E-state index in [9.17, 15) is 8.42 Å². The summed E-state index contributed by atoms with van der Waals surface area (Å²) in [6.45, 7) is 0. The summed E-state index contributed by atoms with van der Waals surface area (Å²) in [6, 6.07) is 3.47. The highest BCUT2D eigenvalue weighted by atomic mass is 32.2. The van der Waals surface area contributed by atoms with E-state index < -0.39 is 15.1 Å². The Labute approximate surface area is 98.4 Å². The maximum absolute atomic E-state index is 11.8. The van der Waals surface area contributed by atoms with E-state index in [-0.39, 0.29) is 5.75 Å². The average Bonchev–Trinajstić information content (AvgIpc) is 2.81. The van der Waals surface area contributed by atoms with Gasteiger partial charge >= 0.3 is 0 Å². The summed E-state index contributed by atoms with van der Waals surface area (Å²) in [5.41, 5.74) is 6.78. The van der Waals surface area contributed by atoms with E-state index in [0.717, 1.165) is 0 Å². The second-order valence-electron chi connectivity index (χ2n) is 4.20. The molecule has 0 amide bonds. The molecule has 3 rings (SSSR count). The van der Waals surface area contributed by atoms with Crippen LogP contribution in [0.1, 0.15) is 23.9 Å². The second-order valence-corrected chi connectivity index (χ2v) is 6.50. The number of anilines is 1. The Morgan fingerprint density at radius 3 is 2.94 bits per heavy atom. The molecule has 2 aromatic heterocycles. The Kier molecular flexibility index (Phi) is 2.12. The third kappa shape index (κ3) is 1.57. The van der Waals surface area contributed by atoms with Crippen LogP contribution in [0.5, 0.6) is 0 Å². The SMILES string of the molecule is Nc1cccn2nc(C3CCCS3(=O)=O)nc12. The number of pyridine rings is 1. The van der Waals surface area contributed by atoms with Crippen molar-refractivity contribution in [1.82, 2.24) is 14.6 Å². The van der Waals surface area contributed by atoms with Gasteiger partial charge in [0, 0.05) is 6.20 Å². The van der Waals surface area contributed by atoms with Crippen molar-refractivity contribution in [2.24, 2.45) is 0 Å². The molecule has 6 nitrogen and oxygen atoms in total. The molecule has 90 valence electrons. The molecular weight excluding hydrogens is 240 g/mol. The summed E-state index contributed by atoms with van der Waals surface area (Å²) < 4.78 is 25.1. The van der Waals surface area contributed by atoms with E-state index in [1.54, 1.807) is 18.3 Å². The molecule has 7 heteroatoms. The van der Waals surface area contributed by atoms with Crippen LogP contribution in [0.4, 0.5) is 5.69 Å². The van der Waals surface area contributed by atoms with Crippen molar-refractivity contribution in [2.45, 2.75) is 18.1 Å². The van der Waals surface area contributed by atoms with Crippen molar-refractivity contribution in [3.05, 3.63) is 24.2 Å². The van der Waals surface area contributed by atoms with Crippen LogP contribution in [0.3, 0.4) is 0 Å². The van der Waals surface area contributed by atoms with Gasteiger partial charge in [0.25, 0.3) is 0 Å². The molecule has 0 aromatic carbocycles. The third-order valence-corrected chi connectivity index (χ3v) is 5.20. The molecular formula is C10H12N4O2S. The lowest BCUT2D eigenvalue weighted by Crippen LogP contribution is -2.09. The summed E-state index contributed by atoms with van der Waals surface area (Å²) in [7, 11) is -3.08. The van der Waals surface area contributed by atoms with Crippen LogP contribution in [-0.4, -0.2) is 28.8 Å². The number of aromatic nitrogens is 3. The quantitative estimate of drug-likeness (QED) is 0.801. The number of sulfone groups is 1. The summed E-state index contributed by atoms with van der Waals surface area (Å²) >= 11 is 0. The minimum atomic E-state index is -3.08. The molecule has 0 aliphatic carbocycles. The number of hydrogen-bond acceptors (Lipinski definition) is 5. The Balaban J connectivity index is 2.16. The second kappa shape index (κ2) is 3.43. The molecule has 1 atom stereocenters. The minimum Gasteiger partial charge on any atom is -0.396 e. The molecule has 1 aliphatic heterocycles. The lowest BCUT2D eigenvalue weighted by atomic mass is 10.2. The molecule has 17 heavy (non-hydrogen) atoms. The number of hydrogen-bond donors (Lipinski definition) is 1. The summed E-state index contributed by atoms with van der Waals surface area (Å²) in [5, 5.41) is 3.63. The maximum Gasteiger partial charge on any atom is 0.178 e. The molecule has 0 bridgehead atoms. The molecule has 1 aliphatic rings. The molecule has 2 aromatic rings. The van der Waals surface area contributed by atoms with Crippen LogP contribution in [0.2, 0.25) is 0 Å². The zero-order valence-corrected chi connectivity index (χ0v) is 9.89. The van der Waals surface area contributed by atoms with Gasteiger partial charge in [-0.3, -0.25) is 0 Å². The minimum absolute atomic E-state index is 0.225. The van der Waals surface area contributed by atoms with Crippen molar-refractivity contribution >= 4 is 21.2 Å². The molecule has 0 saturated carbocycles. The molecule has 1 unspecified atom stereocenters. The van der Waals surface area contributed by atoms with Crippen molar-refractivity contribution < 1.29 is 8.42 Å². The first-order valence-electron chi connectivity index (χ1n) is 5.40. The lowest BCUT2D eigenvalue weighted by molar-refractivity contribution is 0.588. The van der Waals surface area contributed by atoms with E-state index in [1.807, 2.05) is 0 Å². The molecule has 0 spiro atoms. The predicted octanol–water partition coefficient (Wildman–Crippen LogP) is 0.561. The van der Waals surface area contributed by atoms with E-state index in [2.05, 4.69) is 10.1 Å². The first-order chi connectivity index (χ1) is 8.08. The monoisotopic (exact) mass is 252 g/mol. The van der Waals surface area contributed by atoms with E-state index in [4.69, 9.17) is 5.73 Å². The molecule has 2 N–H and O–H groups in total. The standard InChI is InChI=1S/C10H12N4O2S/c11-7-3-1-5-14-10(7)12-9(13-14)8-4-2-6-17(8,15)16/h1,3,5,8H,2,4,6,11H2. The van der Waals surface area contributed by atoms with Gasteiger partial charge in [-0.25, -0.2) is 17.9 Å². The van der Waals surface area contributed by atoms with Gasteiger partial charge in [0.15, 0.2) is 21.3 Å². The average molecular weight is 252 g/mol. The van der Waals surface area contributed by atoms with Crippen molar-refractivity contribution in [3.8, 4) is 0 Å². The van der Waals surface area contributed by atoms with Gasteiger partial charge < -0.3 is 5.73 Å². The fourth-order valence-electron chi connectivity index (χ4n) is 2.16. The fraction of sp³-hybridized carbons (Fsp3) is 0.400. The topological polar surface area (TPSA) is 90.4 Å². The summed E-state index contributed by atoms with van der Waals surface area (Å²) in [4.78, 5) is 4.24. The zero-order chi connectivity index (χ0) is 12.0. The van der Waals surface area contributed by atoms with Crippen LogP contribution in [0.25, 0.3) is 5.65 Å². The number of rotatable bonds is 1. The Bertz CT molecular complexity index is 677. The van der Waals surface area contributed by atoms with Gasteiger partial charge in [-0.05, 0) is 25.0 Å². The van der Waals surface area contributed by atoms with Gasteiger partial charge in [0.05, 0.1) is 11.4 Å². The highest BCUT2D eigenvalue weighted by Gasteiger charge is 2.35. The number of nitrogen functional groups attached to an aromatic ring is 1. The van der Waals surface area contributed by atoms with Crippen molar-refractivity contribution in [3.63, 3.8) is 0 Å². The first kappa shape index (κ1) is 10.5. The van der Waals surface area contributed by atoms with E-state index >= 15 is 0 Å². The van der Waals surface area contributed by atoms with Crippen LogP contribution in [-0.2, 0) is 9.84 Å². The van der Waals surface area contributed by atoms with Gasteiger partial charge in [-0.2, -0.15) is 0 Å². The summed E-state index contributed by atoms with van der Waals surface area (Å²) in [5.74, 6) is 0.586. The van der Waals surface area contributed by atoms with E-state index in [1.165, 1.54) is 4.52 Å². The van der Waals surface area contributed by atoms with Crippen LogP contribution in [0.15, 0.2) is 18.3 Å². The molecule has 3 heterocycles. The fourth-order valence-corrected chi connectivity index (χ4v) is 3.96. The number of nitrogens with zero attached hydrogens (tertiary/aromatic N) is 3. The van der Waals surface area contributed by atoms with Gasteiger partial charge in [-0.1, -0.05) is 0 Å². The molecule has 1 saturated heterocycles. The normalized spacial score (nSPS) is 23.2. The highest BCUT2D eigenvalue weighted by molar-refractivity contribution is 7.91. The Hall–Kier alpha value is -1.63. The van der Waals surface area contributed by atoms with Crippen molar-refractivity contribution in [2.75, 3.05) is 11.5 Å². The summed E-state index contributed by atoms with van der Waals surface area (Å²) in [6.07, 6.45) is 2.99. The van der Waals surface area contributed by atoms with Crippen LogP contribution in [0, 0.1) is 0 Å². The van der Waals surface area contributed by atoms with Gasteiger partial charge in [0.1, 0.15) is 5.25 Å². The number of nitrogens with two attached hydrogens (primary N) is 1. The highest BCUT2D eigenvalue weighted by Crippen LogP contribution is 2.33. The molecule has 0 radical (unpaired) electrons. The van der Waals surface area contributed by atoms with E-state index in [0.29, 0.717) is 30.0 Å². The predicted molar refractivity (Wildman–Crippen MR) is 63.2 cm³/mol. The lowest BCUT2D eigenvalue weighted by Gasteiger charge is -2.02. The third-order valence-electron chi connectivity index (χ3n) is 3.03. The Morgan fingerprint density at radius 2 is 2.29 bits per heavy atom. The van der Waals surface area contributed by atoms with Gasteiger partial charge in [0.2, 0.25) is 0 Å². The van der Waals surface area contributed by atoms with Crippen LogP contribution < -0.4 is 5.73 Å². The smallest absolute Gasteiger partial charge is 0.178 e. The maximum atomic E-state index is 11.8. The van der Waals surface area contributed by atoms with Crippen molar-refractivity contribution in [1.29, 1.82) is 0 Å². The number of fused-ring (bicyclic) bond motifs is 1. The Morgan fingerprint density at radius 1 is 1.47 bits per heavy atom. The first-order valence-corrected chi connectivity index (χ1v) is 7.12. The molecule has 1 fully saturated rings. The zero-order valence-electron chi connectivity index (χ0n) is 9.07. The van der Waals surface area contributed by atoms with Crippen LogP contribution >= 0.6 is 0 Å². The largest absolute Gasteiger partial charge is 0.396 e.